The van der Waals surface area contributed by atoms with Gasteiger partial charge in [-0.15, -0.1) is 6.42 Å². The molecule has 0 amide bonds. The Balaban J connectivity index is 2.20. The van der Waals surface area contributed by atoms with Gasteiger partial charge in [0.25, 0.3) is 0 Å². The molecule has 1 atom stereocenters. The fourth-order valence-corrected chi connectivity index (χ4v) is 2.32. The Bertz CT molecular complexity index is 620. The minimum Gasteiger partial charge on any atom is -0.358 e. The van der Waals surface area contributed by atoms with E-state index in [9.17, 15) is 0 Å². The van der Waals surface area contributed by atoms with E-state index in [-0.39, 0.29) is 6.23 Å². The third-order valence-corrected chi connectivity index (χ3v) is 3.23. The van der Waals surface area contributed by atoms with E-state index in [2.05, 4.69) is 20.9 Å². The second-order valence-electron chi connectivity index (χ2n) is 4.40. The fraction of sp³-hybridized carbons (Fsp3) is 0.462. The zero-order valence-corrected chi connectivity index (χ0v) is 10.3. The molecule has 18 heavy (non-hydrogen) atoms. The number of terminal acetylenes is 1. The van der Waals surface area contributed by atoms with Gasteiger partial charge in [-0.1, -0.05) is 0 Å². The van der Waals surface area contributed by atoms with Gasteiger partial charge in [-0.3, -0.25) is 4.57 Å². The molecular formula is C13H14N4O. The number of hydrogen-bond donors (Lipinski definition) is 0. The average molecular weight is 242 g/mol. The summed E-state index contributed by atoms with van der Waals surface area (Å²) in [4.78, 5) is 12.9. The lowest BCUT2D eigenvalue weighted by Crippen LogP contribution is -2.19. The number of hydrogen-bond acceptors (Lipinski definition) is 4. The monoisotopic (exact) mass is 242 g/mol. The highest BCUT2D eigenvalue weighted by Gasteiger charge is 2.22. The number of ether oxygens (including phenoxy) is 1. The summed E-state index contributed by atoms with van der Waals surface area (Å²) >= 11 is 0. The average Bonchev–Trinajstić information content (AvgIpc) is 2.80. The van der Waals surface area contributed by atoms with E-state index in [0.29, 0.717) is 5.82 Å². The molecule has 0 spiro atoms. The van der Waals surface area contributed by atoms with Gasteiger partial charge in [-0.2, -0.15) is 0 Å². The molecule has 1 aliphatic heterocycles. The van der Waals surface area contributed by atoms with Crippen molar-refractivity contribution in [2.45, 2.75) is 32.4 Å². The molecule has 2 aromatic rings. The van der Waals surface area contributed by atoms with E-state index >= 15 is 0 Å². The van der Waals surface area contributed by atoms with Gasteiger partial charge >= 0.3 is 0 Å². The molecule has 0 saturated carbocycles. The normalized spacial score (nSPS) is 19.9. The molecule has 2 aromatic heterocycles. The molecule has 3 rings (SSSR count). The van der Waals surface area contributed by atoms with Crippen LogP contribution in [-0.4, -0.2) is 26.1 Å². The van der Waals surface area contributed by atoms with E-state index < -0.39 is 0 Å². The Morgan fingerprint density at radius 2 is 2.33 bits per heavy atom. The lowest BCUT2D eigenvalue weighted by Gasteiger charge is -2.24. The van der Waals surface area contributed by atoms with Crippen molar-refractivity contribution in [3.8, 4) is 12.3 Å². The predicted molar refractivity (Wildman–Crippen MR) is 66.8 cm³/mol. The van der Waals surface area contributed by atoms with Crippen LogP contribution in [0, 0.1) is 19.3 Å². The second kappa shape index (κ2) is 4.39. The van der Waals surface area contributed by atoms with Crippen molar-refractivity contribution in [1.29, 1.82) is 0 Å². The van der Waals surface area contributed by atoms with E-state index in [1.54, 1.807) is 6.33 Å². The zero-order chi connectivity index (χ0) is 12.5. The zero-order valence-electron chi connectivity index (χ0n) is 10.3. The summed E-state index contributed by atoms with van der Waals surface area (Å²) in [5.74, 6) is 3.18. The Morgan fingerprint density at radius 1 is 1.44 bits per heavy atom. The van der Waals surface area contributed by atoms with Crippen LogP contribution in [-0.2, 0) is 4.74 Å². The third-order valence-electron chi connectivity index (χ3n) is 3.23. The first-order valence-electron chi connectivity index (χ1n) is 6.09. The molecule has 5 heteroatoms. The lowest BCUT2D eigenvalue weighted by atomic mass is 10.2. The standard InChI is InChI=1S/C13H14N4O/c1-3-10-16-12-9(2)14-8-15-13(12)17(10)11-6-4-5-7-18-11/h1,8,11H,4-7H2,2H3. The highest BCUT2D eigenvalue weighted by molar-refractivity contribution is 5.74. The van der Waals surface area contributed by atoms with Crippen LogP contribution in [0.15, 0.2) is 6.33 Å². The molecule has 1 saturated heterocycles. The first-order chi connectivity index (χ1) is 8.81. The van der Waals surface area contributed by atoms with E-state index in [0.717, 1.165) is 42.7 Å². The van der Waals surface area contributed by atoms with E-state index in [1.807, 2.05) is 11.5 Å². The van der Waals surface area contributed by atoms with Gasteiger partial charge in [0.2, 0.25) is 0 Å². The molecule has 1 unspecified atom stereocenters. The summed E-state index contributed by atoms with van der Waals surface area (Å²) in [6.45, 7) is 2.67. The van der Waals surface area contributed by atoms with Crippen molar-refractivity contribution in [2.75, 3.05) is 6.61 Å². The molecule has 0 N–H and O–H groups in total. The number of aryl methyl sites for hydroxylation is 1. The minimum absolute atomic E-state index is 0.0518. The van der Waals surface area contributed by atoms with Crippen molar-refractivity contribution in [3.05, 3.63) is 17.8 Å². The van der Waals surface area contributed by atoms with Crippen LogP contribution in [0.2, 0.25) is 0 Å². The predicted octanol–water partition coefficient (Wildman–Crippen LogP) is 1.82. The highest BCUT2D eigenvalue weighted by Crippen LogP contribution is 2.27. The van der Waals surface area contributed by atoms with Crippen LogP contribution < -0.4 is 0 Å². The van der Waals surface area contributed by atoms with Gasteiger partial charge in [0.05, 0.1) is 5.69 Å². The molecule has 0 radical (unpaired) electrons. The maximum absolute atomic E-state index is 5.78. The van der Waals surface area contributed by atoms with Crippen molar-refractivity contribution < 1.29 is 4.74 Å². The van der Waals surface area contributed by atoms with Crippen LogP contribution in [0.5, 0.6) is 0 Å². The summed E-state index contributed by atoms with van der Waals surface area (Å²) in [6.07, 6.45) is 10.2. The smallest absolute Gasteiger partial charge is 0.189 e. The van der Waals surface area contributed by atoms with Crippen molar-refractivity contribution in [2.24, 2.45) is 0 Å². The number of rotatable bonds is 1. The van der Waals surface area contributed by atoms with Crippen LogP contribution in [0.4, 0.5) is 0 Å². The highest BCUT2D eigenvalue weighted by atomic mass is 16.5. The summed E-state index contributed by atoms with van der Waals surface area (Å²) in [7, 11) is 0. The number of fused-ring (bicyclic) bond motifs is 1. The number of imidazole rings is 1. The lowest BCUT2D eigenvalue weighted by molar-refractivity contribution is -0.0302. The number of aromatic nitrogens is 4. The van der Waals surface area contributed by atoms with Crippen LogP contribution in [0.1, 0.15) is 37.0 Å². The molecular weight excluding hydrogens is 228 g/mol. The Hall–Kier alpha value is -1.93. The van der Waals surface area contributed by atoms with Crippen LogP contribution >= 0.6 is 0 Å². The van der Waals surface area contributed by atoms with E-state index in [1.165, 1.54) is 0 Å². The topological polar surface area (TPSA) is 52.8 Å². The summed E-state index contributed by atoms with van der Waals surface area (Å²) in [5.41, 5.74) is 2.37. The largest absolute Gasteiger partial charge is 0.358 e. The second-order valence-corrected chi connectivity index (χ2v) is 4.40. The van der Waals surface area contributed by atoms with E-state index in [4.69, 9.17) is 11.2 Å². The molecule has 0 aliphatic carbocycles. The first-order valence-corrected chi connectivity index (χ1v) is 6.09. The van der Waals surface area contributed by atoms with Crippen molar-refractivity contribution >= 4 is 11.2 Å². The van der Waals surface area contributed by atoms with Crippen molar-refractivity contribution in [1.82, 2.24) is 19.5 Å². The maximum atomic E-state index is 5.78. The third kappa shape index (κ3) is 1.66. The summed E-state index contributed by atoms with van der Waals surface area (Å²) in [6, 6.07) is 0. The van der Waals surface area contributed by atoms with Crippen LogP contribution in [0.25, 0.3) is 11.2 Å². The Morgan fingerprint density at radius 3 is 3.06 bits per heavy atom. The molecule has 92 valence electrons. The summed E-state index contributed by atoms with van der Waals surface area (Å²) < 4.78 is 7.70. The molecule has 1 aliphatic rings. The molecule has 1 fully saturated rings. The summed E-state index contributed by atoms with van der Waals surface area (Å²) in [5, 5.41) is 0. The maximum Gasteiger partial charge on any atom is 0.189 e. The minimum atomic E-state index is -0.0518. The van der Waals surface area contributed by atoms with Crippen LogP contribution in [0.3, 0.4) is 0 Å². The van der Waals surface area contributed by atoms with Gasteiger partial charge in [0, 0.05) is 6.61 Å². The van der Waals surface area contributed by atoms with Gasteiger partial charge in [-0.25, -0.2) is 15.0 Å². The molecule has 3 heterocycles. The SMILES string of the molecule is C#Cc1nc2c(C)ncnc2n1C1CCCCO1. The quantitative estimate of drug-likeness (QED) is 0.716. The Labute approximate surface area is 105 Å². The first kappa shape index (κ1) is 11.2. The number of nitrogens with zero attached hydrogens (tertiary/aromatic N) is 4. The molecule has 5 nitrogen and oxygen atoms in total. The van der Waals surface area contributed by atoms with Gasteiger partial charge in [0.15, 0.2) is 11.5 Å². The van der Waals surface area contributed by atoms with Gasteiger partial charge < -0.3 is 4.74 Å². The van der Waals surface area contributed by atoms with Gasteiger partial charge in [-0.05, 0) is 32.1 Å². The Kier molecular flexibility index (Phi) is 2.73. The fourth-order valence-electron chi connectivity index (χ4n) is 2.32. The van der Waals surface area contributed by atoms with Gasteiger partial charge in [0.1, 0.15) is 18.1 Å². The molecule has 0 bridgehead atoms. The van der Waals surface area contributed by atoms with Crippen molar-refractivity contribution in [3.63, 3.8) is 0 Å². The molecule has 0 aromatic carbocycles.